The van der Waals surface area contributed by atoms with Crippen LogP contribution in [0.15, 0.2) is 48.5 Å². The molecule has 0 saturated carbocycles. The average Bonchev–Trinajstić information content (AvgIpc) is 2.58. The van der Waals surface area contributed by atoms with Gasteiger partial charge in [-0.05, 0) is 42.2 Å². The first kappa shape index (κ1) is 17.4. The zero-order valence-electron chi connectivity index (χ0n) is 13.9. The molecule has 1 N–H and O–H groups in total. The van der Waals surface area contributed by atoms with Crippen LogP contribution in [0, 0.1) is 24.2 Å². The van der Waals surface area contributed by atoms with Gasteiger partial charge < -0.3 is 5.32 Å². The van der Waals surface area contributed by atoms with Gasteiger partial charge in [0.05, 0.1) is 6.07 Å². The van der Waals surface area contributed by atoms with Crippen molar-refractivity contribution < 1.29 is 9.59 Å². The van der Waals surface area contributed by atoms with Crippen LogP contribution in [0.5, 0.6) is 0 Å². The highest BCUT2D eigenvalue weighted by Gasteiger charge is 2.26. The lowest BCUT2D eigenvalue weighted by Gasteiger charge is -2.11. The fourth-order valence-corrected chi connectivity index (χ4v) is 2.41. The third-order valence-electron chi connectivity index (χ3n) is 3.97. The van der Waals surface area contributed by atoms with Crippen LogP contribution < -0.4 is 5.32 Å². The zero-order chi connectivity index (χ0) is 17.5. The highest BCUT2D eigenvalue weighted by molar-refractivity contribution is 6.09. The van der Waals surface area contributed by atoms with E-state index in [4.69, 9.17) is 0 Å². The molecule has 2 aromatic carbocycles. The molecule has 1 amide bonds. The summed E-state index contributed by atoms with van der Waals surface area (Å²) in [5, 5.41) is 11.9. The number of anilines is 1. The van der Waals surface area contributed by atoms with Crippen molar-refractivity contribution in [1.82, 2.24) is 0 Å². The van der Waals surface area contributed by atoms with Gasteiger partial charge in [-0.25, -0.2) is 0 Å². The lowest BCUT2D eigenvalue weighted by atomic mass is 9.96. The molecule has 0 aromatic heterocycles. The molecule has 1 atom stereocenters. The van der Waals surface area contributed by atoms with Gasteiger partial charge in [0.1, 0.15) is 0 Å². The first-order chi connectivity index (χ1) is 11.5. The minimum Gasteiger partial charge on any atom is -0.325 e. The van der Waals surface area contributed by atoms with Crippen molar-refractivity contribution in [3.05, 3.63) is 65.2 Å². The summed E-state index contributed by atoms with van der Waals surface area (Å²) < 4.78 is 0. The SMILES string of the molecule is CCc1ccc(NC(=O)[C@@H](C#N)C(=O)Cc2ccccc2C)cc1. The van der Waals surface area contributed by atoms with Crippen molar-refractivity contribution in [2.24, 2.45) is 5.92 Å². The van der Waals surface area contributed by atoms with Crippen molar-refractivity contribution >= 4 is 17.4 Å². The fraction of sp³-hybridized carbons (Fsp3) is 0.250. The number of benzene rings is 2. The van der Waals surface area contributed by atoms with Gasteiger partial charge in [0.15, 0.2) is 11.7 Å². The number of rotatable bonds is 6. The van der Waals surface area contributed by atoms with Gasteiger partial charge in [-0.2, -0.15) is 5.26 Å². The molecule has 2 aromatic rings. The van der Waals surface area contributed by atoms with Crippen molar-refractivity contribution in [3.8, 4) is 6.07 Å². The summed E-state index contributed by atoms with van der Waals surface area (Å²) in [6.07, 6.45) is 0.983. The molecule has 0 bridgehead atoms. The van der Waals surface area contributed by atoms with E-state index >= 15 is 0 Å². The Morgan fingerprint density at radius 1 is 1.12 bits per heavy atom. The van der Waals surface area contributed by atoms with Crippen molar-refractivity contribution in [2.45, 2.75) is 26.7 Å². The van der Waals surface area contributed by atoms with Crippen LogP contribution in [0.4, 0.5) is 5.69 Å². The molecule has 0 saturated heterocycles. The predicted molar refractivity (Wildman–Crippen MR) is 93.4 cm³/mol. The molecule has 0 fully saturated rings. The molecule has 0 aliphatic heterocycles. The van der Waals surface area contributed by atoms with E-state index in [1.807, 2.05) is 56.3 Å². The van der Waals surface area contributed by atoms with Crippen molar-refractivity contribution in [2.75, 3.05) is 5.32 Å². The predicted octanol–water partition coefficient (Wildman–Crippen LogP) is 3.45. The van der Waals surface area contributed by atoms with E-state index in [1.165, 1.54) is 0 Å². The van der Waals surface area contributed by atoms with E-state index in [1.54, 1.807) is 12.1 Å². The molecule has 4 heteroatoms. The highest BCUT2D eigenvalue weighted by atomic mass is 16.2. The van der Waals surface area contributed by atoms with Crippen LogP contribution in [0.1, 0.15) is 23.6 Å². The Morgan fingerprint density at radius 3 is 2.38 bits per heavy atom. The van der Waals surface area contributed by atoms with Crippen LogP contribution in [0.25, 0.3) is 0 Å². The summed E-state index contributed by atoms with van der Waals surface area (Å²) in [6, 6.07) is 16.7. The van der Waals surface area contributed by atoms with Gasteiger partial charge in [0.2, 0.25) is 5.91 Å². The van der Waals surface area contributed by atoms with Crippen LogP contribution in [0.3, 0.4) is 0 Å². The number of amides is 1. The molecule has 0 heterocycles. The summed E-state index contributed by atoms with van der Waals surface area (Å²) in [6.45, 7) is 3.95. The molecular weight excluding hydrogens is 300 g/mol. The molecule has 4 nitrogen and oxygen atoms in total. The van der Waals surface area contributed by atoms with Gasteiger partial charge in [-0.3, -0.25) is 9.59 Å². The molecule has 2 rings (SSSR count). The topological polar surface area (TPSA) is 70.0 Å². The van der Waals surface area contributed by atoms with Crippen LogP contribution >= 0.6 is 0 Å². The van der Waals surface area contributed by atoms with E-state index in [-0.39, 0.29) is 6.42 Å². The second-order valence-corrected chi connectivity index (χ2v) is 5.67. The van der Waals surface area contributed by atoms with E-state index < -0.39 is 17.6 Å². The Balaban J connectivity index is 2.06. The molecule has 0 spiro atoms. The fourth-order valence-electron chi connectivity index (χ4n) is 2.41. The third-order valence-corrected chi connectivity index (χ3v) is 3.97. The van der Waals surface area contributed by atoms with Gasteiger partial charge in [-0.1, -0.05) is 43.3 Å². The summed E-state index contributed by atoms with van der Waals surface area (Å²) in [5.41, 5.74) is 3.54. The van der Waals surface area contributed by atoms with Crippen LogP contribution in [0.2, 0.25) is 0 Å². The number of hydrogen-bond acceptors (Lipinski definition) is 3. The van der Waals surface area contributed by atoms with Gasteiger partial charge >= 0.3 is 0 Å². The molecule has 0 unspecified atom stereocenters. The minimum atomic E-state index is -1.31. The summed E-state index contributed by atoms with van der Waals surface area (Å²) in [7, 11) is 0. The van der Waals surface area contributed by atoms with E-state index in [0.29, 0.717) is 5.69 Å². The third kappa shape index (κ3) is 4.30. The maximum Gasteiger partial charge on any atom is 0.249 e. The second kappa shape index (κ2) is 8.07. The number of ketones is 1. The molecule has 122 valence electrons. The Hall–Kier alpha value is -2.93. The number of hydrogen-bond donors (Lipinski definition) is 1. The monoisotopic (exact) mass is 320 g/mol. The number of aryl methyl sites for hydroxylation is 2. The molecule has 24 heavy (non-hydrogen) atoms. The number of carbonyl (C=O) groups is 2. The Labute approximate surface area is 142 Å². The smallest absolute Gasteiger partial charge is 0.249 e. The lowest BCUT2D eigenvalue weighted by molar-refractivity contribution is -0.128. The Kier molecular flexibility index (Phi) is 5.86. The average molecular weight is 320 g/mol. The zero-order valence-corrected chi connectivity index (χ0v) is 13.9. The largest absolute Gasteiger partial charge is 0.325 e. The highest BCUT2D eigenvalue weighted by Crippen LogP contribution is 2.14. The maximum atomic E-state index is 12.3. The molecule has 0 aliphatic carbocycles. The normalized spacial score (nSPS) is 11.4. The van der Waals surface area contributed by atoms with E-state index in [2.05, 4.69) is 5.32 Å². The van der Waals surface area contributed by atoms with Crippen LogP contribution in [-0.4, -0.2) is 11.7 Å². The van der Waals surface area contributed by atoms with Crippen molar-refractivity contribution in [3.63, 3.8) is 0 Å². The number of nitriles is 1. The summed E-state index contributed by atoms with van der Waals surface area (Å²) in [5.74, 6) is -2.29. The van der Waals surface area contributed by atoms with Crippen LogP contribution in [-0.2, 0) is 22.4 Å². The number of nitrogens with one attached hydrogen (secondary N) is 1. The summed E-state index contributed by atoms with van der Waals surface area (Å²) >= 11 is 0. The number of nitrogens with zero attached hydrogens (tertiary/aromatic N) is 1. The van der Waals surface area contributed by atoms with Crippen molar-refractivity contribution in [1.29, 1.82) is 5.26 Å². The number of carbonyl (C=O) groups excluding carboxylic acids is 2. The second-order valence-electron chi connectivity index (χ2n) is 5.67. The maximum absolute atomic E-state index is 12.3. The Bertz CT molecular complexity index is 773. The first-order valence-corrected chi connectivity index (χ1v) is 7.91. The molecule has 0 aliphatic rings. The van der Waals surface area contributed by atoms with Gasteiger partial charge in [-0.15, -0.1) is 0 Å². The molecular formula is C20H20N2O2. The van der Waals surface area contributed by atoms with Gasteiger partial charge in [0.25, 0.3) is 0 Å². The quantitative estimate of drug-likeness (QED) is 0.829. The number of Topliss-reactive ketones (excluding diaryl/α,β-unsaturated/α-hetero) is 1. The lowest BCUT2D eigenvalue weighted by Crippen LogP contribution is -2.29. The molecule has 0 radical (unpaired) electrons. The minimum absolute atomic E-state index is 0.0765. The first-order valence-electron chi connectivity index (χ1n) is 7.91. The van der Waals surface area contributed by atoms with E-state index in [0.717, 1.165) is 23.1 Å². The Morgan fingerprint density at radius 2 is 1.79 bits per heavy atom. The van der Waals surface area contributed by atoms with E-state index in [9.17, 15) is 14.9 Å². The standard InChI is InChI=1S/C20H20N2O2/c1-3-15-8-10-17(11-9-15)22-20(24)18(13-21)19(23)12-16-7-5-4-6-14(16)2/h4-11,18H,3,12H2,1-2H3,(H,22,24)/t18-/m0/s1. The summed E-state index contributed by atoms with van der Waals surface area (Å²) in [4.78, 5) is 24.6. The van der Waals surface area contributed by atoms with Gasteiger partial charge in [0, 0.05) is 12.1 Å².